The van der Waals surface area contributed by atoms with Crippen LogP contribution in [0.4, 0.5) is 5.69 Å². The molecule has 3 heterocycles. The third kappa shape index (κ3) is 8.04. The minimum absolute atomic E-state index is 0.540. The van der Waals surface area contributed by atoms with Crippen LogP contribution in [0.1, 0.15) is 5.56 Å². The highest BCUT2D eigenvalue weighted by atomic mass is 15.0. The first-order valence-electron chi connectivity index (χ1n) is 23.2. The van der Waals surface area contributed by atoms with Gasteiger partial charge in [-0.2, -0.15) is 5.26 Å². The smallest absolute Gasteiger partial charge is 0.187 e. The zero-order valence-corrected chi connectivity index (χ0v) is 38.0. The molecule has 330 valence electrons. The molecule has 0 radical (unpaired) electrons. The lowest BCUT2D eigenvalue weighted by Crippen LogP contribution is -2.03. The number of benzene rings is 9. The Morgan fingerprint density at radius 3 is 1.32 bits per heavy atom. The van der Waals surface area contributed by atoms with Crippen molar-refractivity contribution in [1.82, 2.24) is 29.5 Å². The summed E-state index contributed by atoms with van der Waals surface area (Å²) in [5.41, 5.74) is 14.5. The molecule has 12 rings (SSSR count). The largest absolute Gasteiger partial charge is 0.308 e. The van der Waals surface area contributed by atoms with Gasteiger partial charge in [0.2, 0.25) is 0 Å². The monoisotopic (exact) mass is 906 g/mol. The van der Waals surface area contributed by atoms with Gasteiger partial charge >= 0.3 is 0 Å². The van der Waals surface area contributed by atoms with Gasteiger partial charge in [-0.3, -0.25) is 0 Å². The van der Waals surface area contributed by atoms with E-state index in [2.05, 4.69) is 94.3 Å². The number of nitrogens with zero attached hydrogens (tertiary/aromatic N) is 8. The molecular weight excluding hydrogens is 869 g/mol. The van der Waals surface area contributed by atoms with Gasteiger partial charge in [0.25, 0.3) is 0 Å². The van der Waals surface area contributed by atoms with Crippen LogP contribution in [-0.2, 0) is 0 Å². The first kappa shape index (κ1) is 42.2. The Kier molecular flexibility index (Phi) is 10.8. The molecule has 12 aromatic rings. The maximum absolute atomic E-state index is 9.96. The Morgan fingerprint density at radius 2 is 0.803 bits per heavy atom. The van der Waals surface area contributed by atoms with Crippen molar-refractivity contribution in [2.45, 2.75) is 0 Å². The van der Waals surface area contributed by atoms with Gasteiger partial charge in [0.15, 0.2) is 29.0 Å². The summed E-state index contributed by atoms with van der Waals surface area (Å²) in [5, 5.41) is 12.0. The molecule has 0 aliphatic carbocycles. The van der Waals surface area contributed by atoms with Gasteiger partial charge < -0.3 is 4.57 Å². The van der Waals surface area contributed by atoms with Crippen molar-refractivity contribution >= 4 is 27.5 Å². The standard InChI is InChI=1S/C63H38N8/c1-65-50-33-30-43(31-34-50)53-38-49(63-66-55(44-16-6-2-7-17-44)39-56(67-63)45-18-8-3-9-19-45)37-52(42-28-26-41(40-64)27-29-42)59(53)71-57-25-15-14-24-51(57)54-36-48(32-35-58(54)71)62-69-60(46-20-10-4-11-21-46)68-61(70-62)47-22-12-5-13-23-47/h2-39H. The van der Waals surface area contributed by atoms with E-state index in [1.807, 2.05) is 152 Å². The summed E-state index contributed by atoms with van der Waals surface area (Å²) in [7, 11) is 0. The second-order valence-electron chi connectivity index (χ2n) is 17.1. The minimum Gasteiger partial charge on any atom is -0.308 e. The molecule has 0 aliphatic rings. The zero-order chi connectivity index (χ0) is 47.7. The molecule has 8 heteroatoms. The lowest BCUT2D eigenvalue weighted by atomic mass is 9.92. The van der Waals surface area contributed by atoms with Crippen molar-refractivity contribution < 1.29 is 0 Å². The summed E-state index contributed by atoms with van der Waals surface area (Å²) < 4.78 is 2.33. The van der Waals surface area contributed by atoms with Crippen molar-refractivity contribution in [1.29, 1.82) is 5.26 Å². The molecule has 8 nitrogen and oxygen atoms in total. The molecule has 0 atom stereocenters. The van der Waals surface area contributed by atoms with Gasteiger partial charge in [0, 0.05) is 55.3 Å². The van der Waals surface area contributed by atoms with Crippen molar-refractivity contribution in [2.75, 3.05) is 0 Å². The summed E-state index contributed by atoms with van der Waals surface area (Å²) in [5.74, 6) is 2.30. The summed E-state index contributed by atoms with van der Waals surface area (Å²) >= 11 is 0. The normalized spacial score (nSPS) is 11.1. The van der Waals surface area contributed by atoms with Crippen LogP contribution in [0.15, 0.2) is 231 Å². The molecule has 0 saturated carbocycles. The van der Waals surface area contributed by atoms with Gasteiger partial charge in [0.1, 0.15) is 0 Å². The topological polar surface area (TPSA) is 97.5 Å². The predicted molar refractivity (Wildman–Crippen MR) is 284 cm³/mol. The number of aromatic nitrogens is 6. The lowest BCUT2D eigenvalue weighted by Gasteiger charge is -2.21. The number of hydrogen-bond acceptors (Lipinski definition) is 6. The summed E-state index contributed by atoms with van der Waals surface area (Å²) in [4.78, 5) is 29.5. The van der Waals surface area contributed by atoms with E-state index in [-0.39, 0.29) is 0 Å². The molecule has 71 heavy (non-hydrogen) atoms. The first-order chi connectivity index (χ1) is 35.1. The Labute approximate surface area is 410 Å². The maximum atomic E-state index is 9.96. The van der Waals surface area contributed by atoms with E-state index in [4.69, 9.17) is 31.5 Å². The van der Waals surface area contributed by atoms with Gasteiger partial charge in [-0.05, 0) is 65.7 Å². The van der Waals surface area contributed by atoms with Crippen LogP contribution in [0.5, 0.6) is 0 Å². The Hall–Kier alpha value is -10.2. The fourth-order valence-corrected chi connectivity index (χ4v) is 9.26. The number of para-hydroxylation sites is 1. The Morgan fingerprint density at radius 1 is 0.366 bits per heavy atom. The highest BCUT2D eigenvalue weighted by Gasteiger charge is 2.24. The molecule has 0 unspecified atom stereocenters. The molecule has 0 spiro atoms. The van der Waals surface area contributed by atoms with Gasteiger partial charge in [-0.1, -0.05) is 176 Å². The molecule has 0 fully saturated rings. The van der Waals surface area contributed by atoms with Gasteiger partial charge in [0.05, 0.1) is 46.3 Å². The SMILES string of the molecule is [C-]#[N+]c1ccc(-c2cc(-c3nc(-c4ccccc4)cc(-c4ccccc4)n3)cc(-c3ccc(C#N)cc3)c2-n2c3ccccc3c3cc(-c4nc(-c5ccccc5)nc(-c5ccccc5)n4)ccc32)cc1. The van der Waals surface area contributed by atoms with Crippen LogP contribution in [0.3, 0.4) is 0 Å². The van der Waals surface area contributed by atoms with Crippen LogP contribution >= 0.6 is 0 Å². The minimum atomic E-state index is 0.540. The average Bonchev–Trinajstić information content (AvgIpc) is 3.78. The molecule has 9 aromatic carbocycles. The second kappa shape index (κ2) is 18.2. The van der Waals surface area contributed by atoms with Crippen LogP contribution < -0.4 is 0 Å². The van der Waals surface area contributed by atoms with Gasteiger partial charge in [-0.25, -0.2) is 29.8 Å². The molecule has 0 bridgehead atoms. The fraction of sp³-hybridized carbons (Fsp3) is 0. The summed E-state index contributed by atoms with van der Waals surface area (Å²) in [6.07, 6.45) is 0. The molecule has 0 aliphatic heterocycles. The first-order valence-corrected chi connectivity index (χ1v) is 23.2. The zero-order valence-electron chi connectivity index (χ0n) is 38.0. The van der Waals surface area contributed by atoms with Gasteiger partial charge in [-0.15, -0.1) is 0 Å². The molecule has 3 aromatic heterocycles. The van der Waals surface area contributed by atoms with Crippen molar-refractivity contribution in [3.05, 3.63) is 248 Å². The number of fused-ring (bicyclic) bond motifs is 3. The summed E-state index contributed by atoms with van der Waals surface area (Å²) in [6.45, 7) is 7.82. The van der Waals surface area contributed by atoms with Crippen LogP contribution in [0.25, 0.3) is 123 Å². The van der Waals surface area contributed by atoms with Crippen molar-refractivity contribution in [2.24, 2.45) is 0 Å². The third-order valence-corrected chi connectivity index (χ3v) is 12.7. The Bertz CT molecular complexity index is 3830. The van der Waals surface area contributed by atoms with E-state index in [9.17, 15) is 5.26 Å². The van der Waals surface area contributed by atoms with E-state index in [0.29, 0.717) is 34.5 Å². The van der Waals surface area contributed by atoms with Crippen molar-refractivity contribution in [3.63, 3.8) is 0 Å². The third-order valence-electron chi connectivity index (χ3n) is 12.7. The second-order valence-corrected chi connectivity index (χ2v) is 17.1. The Balaban J connectivity index is 1.14. The number of hydrogen-bond donors (Lipinski definition) is 0. The molecule has 0 saturated heterocycles. The van der Waals surface area contributed by atoms with Crippen molar-refractivity contribution in [3.8, 4) is 102 Å². The highest BCUT2D eigenvalue weighted by molar-refractivity contribution is 6.12. The molecular formula is C63H38N8. The van der Waals surface area contributed by atoms with Crippen LogP contribution in [0, 0.1) is 17.9 Å². The summed E-state index contributed by atoms with van der Waals surface area (Å²) in [6, 6.07) is 79.4. The lowest BCUT2D eigenvalue weighted by molar-refractivity contribution is 1.07. The number of nitriles is 1. The average molecular weight is 907 g/mol. The fourth-order valence-electron chi connectivity index (χ4n) is 9.26. The van der Waals surface area contributed by atoms with E-state index in [1.54, 1.807) is 0 Å². The predicted octanol–water partition coefficient (Wildman–Crippen LogP) is 15.5. The van der Waals surface area contributed by atoms with Crippen LogP contribution in [-0.4, -0.2) is 29.5 Å². The van der Waals surface area contributed by atoms with E-state index >= 15 is 0 Å². The molecule has 0 N–H and O–H groups in total. The highest BCUT2D eigenvalue weighted by Crippen LogP contribution is 2.45. The van der Waals surface area contributed by atoms with E-state index < -0.39 is 0 Å². The number of rotatable bonds is 9. The maximum Gasteiger partial charge on any atom is 0.187 e. The molecule has 0 amide bonds. The van der Waals surface area contributed by atoms with Crippen LogP contribution in [0.2, 0.25) is 0 Å². The quantitative estimate of drug-likeness (QED) is 0.134. The van der Waals surface area contributed by atoms with E-state index in [1.165, 1.54) is 0 Å². The van der Waals surface area contributed by atoms with E-state index in [0.717, 1.165) is 94.5 Å².